The third-order valence-electron chi connectivity index (χ3n) is 5.26. The van der Waals surface area contributed by atoms with E-state index in [-0.39, 0.29) is 5.91 Å². The highest BCUT2D eigenvalue weighted by molar-refractivity contribution is 5.77. The highest BCUT2D eigenvalue weighted by Crippen LogP contribution is 2.27. The fourth-order valence-corrected chi connectivity index (χ4v) is 3.56. The van der Waals surface area contributed by atoms with Crippen LogP contribution in [0.1, 0.15) is 17.8 Å². The molecule has 0 aliphatic rings. The molecule has 1 aromatic heterocycles. The minimum absolute atomic E-state index is 0.0331. The summed E-state index contributed by atoms with van der Waals surface area (Å²) < 4.78 is 12.8. The number of nitrogens with one attached hydrogen (secondary N) is 1. The highest BCUT2D eigenvalue weighted by Gasteiger charge is 2.11. The van der Waals surface area contributed by atoms with E-state index >= 15 is 0 Å². The summed E-state index contributed by atoms with van der Waals surface area (Å²) in [5, 5.41) is 3.03. The molecule has 0 saturated heterocycles. The summed E-state index contributed by atoms with van der Waals surface area (Å²) in [6.45, 7) is 2.37. The Morgan fingerprint density at radius 2 is 1.84 bits per heavy atom. The van der Waals surface area contributed by atoms with Crippen LogP contribution in [0.25, 0.3) is 11.0 Å². The molecular weight excluding hydrogens is 392 g/mol. The van der Waals surface area contributed by atoms with Gasteiger partial charge in [0.05, 0.1) is 25.3 Å². The zero-order valence-electron chi connectivity index (χ0n) is 18.9. The van der Waals surface area contributed by atoms with E-state index in [0.717, 1.165) is 35.5 Å². The number of likely N-dealkylation sites (N-methyl/N-ethyl adjacent to an activating group) is 1. The van der Waals surface area contributed by atoms with Crippen molar-refractivity contribution in [2.75, 3.05) is 41.4 Å². The van der Waals surface area contributed by atoms with Crippen LogP contribution in [-0.4, -0.2) is 61.8 Å². The van der Waals surface area contributed by atoms with Gasteiger partial charge in [-0.05, 0) is 50.3 Å². The number of para-hydroxylation sites is 2. The molecule has 7 heteroatoms. The lowest BCUT2D eigenvalue weighted by Gasteiger charge is -2.13. The molecule has 0 radical (unpaired) electrons. The Hall–Kier alpha value is -3.06. The fraction of sp³-hybridized carbons (Fsp3) is 0.417. The Morgan fingerprint density at radius 1 is 1.06 bits per heavy atom. The highest BCUT2D eigenvalue weighted by atomic mass is 16.5. The van der Waals surface area contributed by atoms with Crippen LogP contribution in [0.2, 0.25) is 0 Å². The number of aryl methyl sites for hydroxylation is 1. The van der Waals surface area contributed by atoms with Gasteiger partial charge in [-0.1, -0.05) is 18.2 Å². The van der Waals surface area contributed by atoms with Gasteiger partial charge < -0.3 is 24.3 Å². The molecule has 7 nitrogen and oxygen atoms in total. The number of amides is 1. The third-order valence-corrected chi connectivity index (χ3v) is 5.26. The number of aromatic nitrogens is 2. The van der Waals surface area contributed by atoms with Gasteiger partial charge in [-0.25, -0.2) is 4.98 Å². The van der Waals surface area contributed by atoms with Crippen molar-refractivity contribution in [3.05, 3.63) is 53.9 Å². The number of carbonyl (C=O) groups excluding carboxylic acids is 1. The summed E-state index contributed by atoms with van der Waals surface area (Å²) in [5.74, 6) is 2.40. The first-order valence-electron chi connectivity index (χ1n) is 10.6. The van der Waals surface area contributed by atoms with Gasteiger partial charge in [0, 0.05) is 32.5 Å². The first-order valence-corrected chi connectivity index (χ1v) is 10.6. The second-order valence-corrected chi connectivity index (χ2v) is 7.76. The van der Waals surface area contributed by atoms with Crippen molar-refractivity contribution in [3.8, 4) is 11.5 Å². The first-order chi connectivity index (χ1) is 15.0. The monoisotopic (exact) mass is 424 g/mol. The number of benzene rings is 2. The minimum atomic E-state index is 0.0331. The molecule has 1 N–H and O–H groups in total. The number of nitrogens with zero attached hydrogens (tertiary/aromatic N) is 3. The molecule has 1 amide bonds. The van der Waals surface area contributed by atoms with E-state index in [0.29, 0.717) is 37.3 Å². The van der Waals surface area contributed by atoms with Crippen molar-refractivity contribution in [1.82, 2.24) is 19.8 Å². The van der Waals surface area contributed by atoms with Crippen molar-refractivity contribution in [2.45, 2.75) is 25.8 Å². The van der Waals surface area contributed by atoms with Crippen molar-refractivity contribution in [3.63, 3.8) is 0 Å². The van der Waals surface area contributed by atoms with Crippen LogP contribution in [0.3, 0.4) is 0 Å². The van der Waals surface area contributed by atoms with E-state index in [1.165, 1.54) is 0 Å². The molecule has 0 fully saturated rings. The van der Waals surface area contributed by atoms with Gasteiger partial charge >= 0.3 is 0 Å². The van der Waals surface area contributed by atoms with Crippen LogP contribution >= 0.6 is 0 Å². The maximum Gasteiger partial charge on any atom is 0.220 e. The molecular formula is C24H32N4O3. The Morgan fingerprint density at radius 3 is 2.58 bits per heavy atom. The molecule has 0 saturated carbocycles. The van der Waals surface area contributed by atoms with E-state index in [4.69, 9.17) is 14.5 Å². The van der Waals surface area contributed by atoms with Gasteiger partial charge in [0.1, 0.15) is 5.82 Å². The zero-order chi connectivity index (χ0) is 22.2. The maximum atomic E-state index is 12.4. The molecule has 3 aromatic rings. The number of ether oxygens (including phenoxy) is 2. The number of carbonyl (C=O) groups is 1. The van der Waals surface area contributed by atoms with Crippen molar-refractivity contribution in [1.29, 1.82) is 0 Å². The van der Waals surface area contributed by atoms with Crippen LogP contribution < -0.4 is 14.8 Å². The SMILES string of the molecule is COc1ccc(CCC(=O)NCCc2nc3ccccc3n2CCN(C)C)cc1OC. The predicted octanol–water partition coefficient (Wildman–Crippen LogP) is 2.91. The molecule has 0 bridgehead atoms. The number of hydrogen-bond acceptors (Lipinski definition) is 5. The maximum absolute atomic E-state index is 12.4. The molecule has 31 heavy (non-hydrogen) atoms. The number of methoxy groups -OCH3 is 2. The van der Waals surface area contributed by atoms with Gasteiger partial charge in [0.2, 0.25) is 5.91 Å². The summed E-state index contributed by atoms with van der Waals surface area (Å²) in [7, 11) is 7.36. The summed E-state index contributed by atoms with van der Waals surface area (Å²) in [4.78, 5) is 19.3. The van der Waals surface area contributed by atoms with Gasteiger partial charge in [-0.2, -0.15) is 0 Å². The normalized spacial score (nSPS) is 11.1. The lowest BCUT2D eigenvalue weighted by Crippen LogP contribution is -2.27. The Bertz CT molecular complexity index is 1010. The molecule has 1 heterocycles. The number of fused-ring (bicyclic) bond motifs is 1. The second-order valence-electron chi connectivity index (χ2n) is 7.76. The summed E-state index contributed by atoms with van der Waals surface area (Å²) in [5.41, 5.74) is 3.17. The Labute approximate surface area is 184 Å². The van der Waals surface area contributed by atoms with Crippen LogP contribution in [-0.2, 0) is 24.2 Å². The number of imidazole rings is 1. The van der Waals surface area contributed by atoms with Crippen molar-refractivity contribution in [2.24, 2.45) is 0 Å². The smallest absolute Gasteiger partial charge is 0.220 e. The van der Waals surface area contributed by atoms with Gasteiger partial charge in [-0.15, -0.1) is 0 Å². The van der Waals surface area contributed by atoms with Crippen molar-refractivity contribution < 1.29 is 14.3 Å². The van der Waals surface area contributed by atoms with E-state index in [2.05, 4.69) is 34.9 Å². The average molecular weight is 425 g/mol. The summed E-state index contributed by atoms with van der Waals surface area (Å²) in [6, 6.07) is 13.9. The predicted molar refractivity (Wildman–Crippen MR) is 123 cm³/mol. The van der Waals surface area contributed by atoms with Crippen LogP contribution in [0.4, 0.5) is 0 Å². The first kappa shape index (κ1) is 22.6. The molecule has 0 unspecified atom stereocenters. The van der Waals surface area contributed by atoms with Gasteiger partial charge in [-0.3, -0.25) is 4.79 Å². The summed E-state index contributed by atoms with van der Waals surface area (Å²) in [6.07, 6.45) is 1.77. The second kappa shape index (κ2) is 10.8. The van der Waals surface area contributed by atoms with E-state index in [1.807, 2.05) is 36.4 Å². The van der Waals surface area contributed by atoms with Gasteiger partial charge in [0.15, 0.2) is 11.5 Å². The largest absolute Gasteiger partial charge is 0.493 e. The quantitative estimate of drug-likeness (QED) is 0.513. The zero-order valence-corrected chi connectivity index (χ0v) is 18.9. The third kappa shape index (κ3) is 5.98. The van der Waals surface area contributed by atoms with E-state index < -0.39 is 0 Å². The molecule has 166 valence electrons. The van der Waals surface area contributed by atoms with Crippen molar-refractivity contribution >= 4 is 16.9 Å². The molecule has 3 rings (SSSR count). The lowest BCUT2D eigenvalue weighted by atomic mass is 10.1. The van der Waals surface area contributed by atoms with Crippen LogP contribution in [0.5, 0.6) is 11.5 Å². The Balaban J connectivity index is 1.54. The number of hydrogen-bond donors (Lipinski definition) is 1. The molecule has 0 aliphatic carbocycles. The topological polar surface area (TPSA) is 68.6 Å². The Kier molecular flexibility index (Phi) is 7.89. The number of rotatable bonds is 11. The average Bonchev–Trinajstić information content (AvgIpc) is 3.13. The van der Waals surface area contributed by atoms with E-state index in [9.17, 15) is 4.79 Å². The van der Waals surface area contributed by atoms with Crippen LogP contribution in [0, 0.1) is 0 Å². The molecule has 2 aromatic carbocycles. The van der Waals surface area contributed by atoms with E-state index in [1.54, 1.807) is 14.2 Å². The molecule has 0 atom stereocenters. The molecule has 0 spiro atoms. The van der Waals surface area contributed by atoms with Crippen LogP contribution in [0.15, 0.2) is 42.5 Å². The lowest BCUT2D eigenvalue weighted by molar-refractivity contribution is -0.121. The summed E-state index contributed by atoms with van der Waals surface area (Å²) >= 11 is 0. The standard InChI is InChI=1S/C24H32N4O3/c1-27(2)15-16-28-20-8-6-5-7-19(20)26-23(28)13-14-25-24(29)12-10-18-9-11-21(30-3)22(17-18)31-4/h5-9,11,17H,10,12-16H2,1-4H3,(H,25,29). The van der Waals surface area contributed by atoms with Gasteiger partial charge in [0.25, 0.3) is 0 Å². The molecule has 0 aliphatic heterocycles. The minimum Gasteiger partial charge on any atom is -0.493 e. The fourth-order valence-electron chi connectivity index (χ4n) is 3.56.